The lowest BCUT2D eigenvalue weighted by molar-refractivity contribution is -0.149. The Morgan fingerprint density at radius 1 is 1.64 bits per heavy atom. The molecule has 0 radical (unpaired) electrons. The summed E-state index contributed by atoms with van der Waals surface area (Å²) in [7, 11) is 1.27. The highest BCUT2D eigenvalue weighted by Gasteiger charge is 2.61. The topological polar surface area (TPSA) is 63.6 Å². The second-order valence-electron chi connectivity index (χ2n) is 3.00. The highest BCUT2D eigenvalue weighted by molar-refractivity contribution is 5.89. The highest BCUT2D eigenvalue weighted by Crippen LogP contribution is 2.52. The molecule has 0 spiro atoms. The van der Waals surface area contributed by atoms with Crippen LogP contribution in [0.15, 0.2) is 0 Å². The Hall–Kier alpha value is -1.06. The van der Waals surface area contributed by atoms with Crippen LogP contribution in [0.3, 0.4) is 0 Å². The van der Waals surface area contributed by atoms with E-state index in [2.05, 4.69) is 4.74 Å². The summed E-state index contributed by atoms with van der Waals surface area (Å²) in [5, 5.41) is 8.62. The molecule has 1 fully saturated rings. The van der Waals surface area contributed by atoms with Gasteiger partial charge in [-0.2, -0.15) is 0 Å². The predicted molar refractivity (Wildman–Crippen MR) is 35.9 cm³/mol. The lowest BCUT2D eigenvalue weighted by Crippen LogP contribution is -2.17. The van der Waals surface area contributed by atoms with E-state index < -0.39 is 23.3 Å². The molecule has 2 atom stereocenters. The number of rotatable bonds is 2. The zero-order valence-corrected chi connectivity index (χ0v) is 6.46. The largest absolute Gasteiger partial charge is 0.481 e. The van der Waals surface area contributed by atoms with Crippen molar-refractivity contribution in [3.05, 3.63) is 0 Å². The Bertz CT molecular complexity index is 210. The summed E-state index contributed by atoms with van der Waals surface area (Å²) in [6.07, 6.45) is 0.398. The number of carboxylic acid groups (broad SMARTS) is 1. The monoisotopic (exact) mass is 158 g/mol. The van der Waals surface area contributed by atoms with Crippen LogP contribution in [0.1, 0.15) is 13.3 Å². The molecule has 0 saturated heterocycles. The molecule has 0 aliphatic heterocycles. The Labute approximate surface area is 64.2 Å². The van der Waals surface area contributed by atoms with Gasteiger partial charge in [-0.05, 0) is 13.3 Å². The molecule has 1 rings (SSSR count). The fraction of sp³-hybridized carbons (Fsp3) is 0.714. The molecule has 1 saturated carbocycles. The smallest absolute Gasteiger partial charge is 0.310 e. The Morgan fingerprint density at radius 3 is 2.45 bits per heavy atom. The minimum absolute atomic E-state index is 0.398. The third-order valence-electron chi connectivity index (χ3n) is 2.21. The van der Waals surface area contributed by atoms with Crippen LogP contribution in [0, 0.1) is 11.3 Å². The zero-order valence-electron chi connectivity index (χ0n) is 6.46. The standard InChI is InChI=1S/C7H10O4/c1-7(6(9)10)3-4(7)5(8)11-2/h4H,3H2,1-2H3,(H,9,10)/t4-,7-/m1/s1. The molecule has 62 valence electrons. The predicted octanol–water partition coefficient (Wildman–Crippen LogP) is 0.270. The molecule has 1 aliphatic rings. The second-order valence-corrected chi connectivity index (χ2v) is 3.00. The molecule has 1 aliphatic carbocycles. The number of carbonyl (C=O) groups is 2. The van der Waals surface area contributed by atoms with Gasteiger partial charge in [0, 0.05) is 0 Å². The summed E-state index contributed by atoms with van der Waals surface area (Å²) in [6.45, 7) is 1.55. The van der Waals surface area contributed by atoms with Gasteiger partial charge in [-0.15, -0.1) is 0 Å². The third-order valence-corrected chi connectivity index (χ3v) is 2.21. The fourth-order valence-electron chi connectivity index (χ4n) is 1.09. The van der Waals surface area contributed by atoms with Crippen molar-refractivity contribution in [2.45, 2.75) is 13.3 Å². The number of esters is 1. The maximum Gasteiger partial charge on any atom is 0.310 e. The first-order chi connectivity index (χ1) is 5.02. The molecule has 0 bridgehead atoms. The number of carboxylic acids is 1. The molecule has 0 aromatic heterocycles. The van der Waals surface area contributed by atoms with Gasteiger partial charge in [0.05, 0.1) is 18.4 Å². The third kappa shape index (κ3) is 1.08. The lowest BCUT2D eigenvalue weighted by Gasteiger charge is -2.01. The second kappa shape index (κ2) is 2.22. The number of hydrogen-bond donors (Lipinski definition) is 1. The highest BCUT2D eigenvalue weighted by atomic mass is 16.5. The molecule has 1 N–H and O–H groups in total. The first-order valence-corrected chi connectivity index (χ1v) is 3.33. The van der Waals surface area contributed by atoms with E-state index in [1.54, 1.807) is 6.92 Å². The van der Waals surface area contributed by atoms with Crippen molar-refractivity contribution < 1.29 is 19.4 Å². The average molecular weight is 158 g/mol. The fourth-order valence-corrected chi connectivity index (χ4v) is 1.09. The van der Waals surface area contributed by atoms with E-state index in [0.717, 1.165) is 0 Å². The van der Waals surface area contributed by atoms with Crippen LogP contribution in [0.2, 0.25) is 0 Å². The number of carbonyl (C=O) groups excluding carboxylic acids is 1. The van der Waals surface area contributed by atoms with Gasteiger partial charge in [-0.1, -0.05) is 0 Å². The maximum absolute atomic E-state index is 10.8. The van der Waals surface area contributed by atoms with Crippen LogP contribution in [-0.4, -0.2) is 24.2 Å². The van der Waals surface area contributed by atoms with Gasteiger partial charge in [0.2, 0.25) is 0 Å². The van der Waals surface area contributed by atoms with Gasteiger partial charge in [0.15, 0.2) is 0 Å². The van der Waals surface area contributed by atoms with Crippen molar-refractivity contribution in [1.29, 1.82) is 0 Å². The summed E-state index contributed by atoms with van der Waals surface area (Å²) < 4.78 is 4.42. The van der Waals surface area contributed by atoms with E-state index in [1.807, 2.05) is 0 Å². The van der Waals surface area contributed by atoms with Crippen LogP contribution < -0.4 is 0 Å². The van der Waals surface area contributed by atoms with Crippen molar-refractivity contribution in [2.75, 3.05) is 7.11 Å². The van der Waals surface area contributed by atoms with Crippen molar-refractivity contribution in [3.8, 4) is 0 Å². The summed E-state index contributed by atoms with van der Waals surface area (Å²) in [5.74, 6) is -1.78. The molecule has 0 unspecified atom stereocenters. The Kier molecular flexibility index (Phi) is 1.62. The maximum atomic E-state index is 10.8. The Morgan fingerprint density at radius 2 is 2.18 bits per heavy atom. The van der Waals surface area contributed by atoms with Crippen LogP contribution in [0.5, 0.6) is 0 Å². The molecule has 0 heterocycles. The van der Waals surface area contributed by atoms with Gasteiger partial charge < -0.3 is 9.84 Å². The minimum atomic E-state index is -0.923. The molecular formula is C7H10O4. The Balaban J connectivity index is 2.60. The lowest BCUT2D eigenvalue weighted by atomic mass is 10.1. The van der Waals surface area contributed by atoms with Crippen LogP contribution in [0.25, 0.3) is 0 Å². The number of ether oxygens (including phenoxy) is 1. The van der Waals surface area contributed by atoms with Crippen molar-refractivity contribution >= 4 is 11.9 Å². The van der Waals surface area contributed by atoms with Crippen LogP contribution >= 0.6 is 0 Å². The molecule has 11 heavy (non-hydrogen) atoms. The average Bonchev–Trinajstić information content (AvgIpc) is 2.63. The number of hydrogen-bond acceptors (Lipinski definition) is 3. The zero-order chi connectivity index (χ0) is 8.65. The van der Waals surface area contributed by atoms with Crippen LogP contribution in [0.4, 0.5) is 0 Å². The van der Waals surface area contributed by atoms with E-state index in [0.29, 0.717) is 6.42 Å². The summed E-state index contributed by atoms with van der Waals surface area (Å²) in [4.78, 5) is 21.3. The SMILES string of the molecule is COC(=O)[C@H]1C[C@@]1(C)C(=O)O. The minimum Gasteiger partial charge on any atom is -0.481 e. The first-order valence-electron chi connectivity index (χ1n) is 3.33. The summed E-state index contributed by atoms with van der Waals surface area (Å²) in [5.41, 5.74) is -0.868. The quantitative estimate of drug-likeness (QED) is 0.586. The number of aliphatic carboxylic acids is 1. The van der Waals surface area contributed by atoms with Gasteiger partial charge in [-0.25, -0.2) is 0 Å². The van der Waals surface area contributed by atoms with Gasteiger partial charge in [0.25, 0.3) is 0 Å². The normalized spacial score (nSPS) is 34.5. The van der Waals surface area contributed by atoms with Gasteiger partial charge in [0.1, 0.15) is 0 Å². The van der Waals surface area contributed by atoms with Crippen molar-refractivity contribution in [1.82, 2.24) is 0 Å². The van der Waals surface area contributed by atoms with E-state index in [4.69, 9.17) is 5.11 Å². The molecular weight excluding hydrogens is 148 g/mol. The summed E-state index contributed by atoms with van der Waals surface area (Å²) >= 11 is 0. The summed E-state index contributed by atoms with van der Waals surface area (Å²) in [6, 6.07) is 0. The molecule has 0 aromatic rings. The van der Waals surface area contributed by atoms with E-state index in [9.17, 15) is 9.59 Å². The molecule has 4 heteroatoms. The van der Waals surface area contributed by atoms with Crippen LogP contribution in [-0.2, 0) is 14.3 Å². The molecule has 0 amide bonds. The van der Waals surface area contributed by atoms with Gasteiger partial charge >= 0.3 is 11.9 Å². The first kappa shape index (κ1) is 8.04. The van der Waals surface area contributed by atoms with E-state index in [-0.39, 0.29) is 0 Å². The van der Waals surface area contributed by atoms with Gasteiger partial charge in [-0.3, -0.25) is 9.59 Å². The van der Waals surface area contributed by atoms with Crippen molar-refractivity contribution in [2.24, 2.45) is 11.3 Å². The molecule has 4 nitrogen and oxygen atoms in total. The van der Waals surface area contributed by atoms with E-state index >= 15 is 0 Å². The van der Waals surface area contributed by atoms with Crippen molar-refractivity contribution in [3.63, 3.8) is 0 Å². The molecule has 0 aromatic carbocycles. The van der Waals surface area contributed by atoms with E-state index in [1.165, 1.54) is 7.11 Å². The number of methoxy groups -OCH3 is 1.